The molecule has 6 nitrogen and oxygen atoms in total. The fourth-order valence-corrected chi connectivity index (χ4v) is 2.73. The molecule has 1 aromatic carbocycles. The molecule has 0 fully saturated rings. The second-order valence-corrected chi connectivity index (χ2v) is 6.09. The second kappa shape index (κ2) is 5.25. The van der Waals surface area contributed by atoms with Gasteiger partial charge in [-0.05, 0) is 24.6 Å². The Kier molecular flexibility index (Phi) is 3.42. The van der Waals surface area contributed by atoms with Crippen molar-refractivity contribution < 1.29 is 4.79 Å². The molecule has 1 N–H and O–H groups in total. The van der Waals surface area contributed by atoms with Crippen molar-refractivity contribution in [3.63, 3.8) is 0 Å². The molecule has 0 atom stereocenters. The van der Waals surface area contributed by atoms with E-state index in [-0.39, 0.29) is 11.8 Å². The number of anilines is 1. The van der Waals surface area contributed by atoms with E-state index in [1.54, 1.807) is 4.52 Å². The molecule has 0 aliphatic heterocycles. The fourth-order valence-electron chi connectivity index (χ4n) is 1.99. The maximum absolute atomic E-state index is 12.2. The molecule has 0 bridgehead atoms. The summed E-state index contributed by atoms with van der Waals surface area (Å²) < 4.78 is 1.64. The Bertz CT molecular complexity index is 805. The van der Waals surface area contributed by atoms with Crippen molar-refractivity contribution in [1.82, 2.24) is 19.8 Å². The molecule has 3 aromatic rings. The standard InChI is InChI=1S/C14H15N5OS/c1-8(2)11-16-17-14-19(11)18-13(21-14)12(20)15-10-6-4-5-9(3)7-10/h4-8H,1-3H3,(H,15,20). The molecule has 0 aliphatic rings. The zero-order valence-corrected chi connectivity index (χ0v) is 12.8. The van der Waals surface area contributed by atoms with Gasteiger partial charge in [0, 0.05) is 11.6 Å². The number of carbonyl (C=O) groups excluding carboxylic acids is 1. The average Bonchev–Trinajstić information content (AvgIpc) is 2.97. The van der Waals surface area contributed by atoms with E-state index in [1.165, 1.54) is 11.3 Å². The van der Waals surface area contributed by atoms with Crippen LogP contribution in [0, 0.1) is 6.92 Å². The number of rotatable bonds is 3. The van der Waals surface area contributed by atoms with Crippen LogP contribution in [0.5, 0.6) is 0 Å². The molecule has 0 radical (unpaired) electrons. The molecule has 2 aromatic heterocycles. The molecule has 0 unspecified atom stereocenters. The second-order valence-electron chi connectivity index (χ2n) is 5.14. The van der Waals surface area contributed by atoms with E-state index < -0.39 is 0 Å². The Hall–Kier alpha value is -2.28. The summed E-state index contributed by atoms with van der Waals surface area (Å²) in [5.74, 6) is 0.733. The zero-order valence-electron chi connectivity index (χ0n) is 12.0. The molecule has 1 amide bonds. The maximum atomic E-state index is 12.2. The van der Waals surface area contributed by atoms with Crippen molar-refractivity contribution in [2.75, 3.05) is 5.32 Å². The summed E-state index contributed by atoms with van der Waals surface area (Å²) in [7, 11) is 0. The van der Waals surface area contributed by atoms with Gasteiger partial charge >= 0.3 is 0 Å². The highest BCUT2D eigenvalue weighted by atomic mass is 32.1. The van der Waals surface area contributed by atoms with Crippen molar-refractivity contribution in [1.29, 1.82) is 0 Å². The van der Waals surface area contributed by atoms with E-state index in [1.807, 2.05) is 45.0 Å². The van der Waals surface area contributed by atoms with Gasteiger partial charge in [-0.3, -0.25) is 4.79 Å². The number of nitrogens with one attached hydrogen (secondary N) is 1. The summed E-state index contributed by atoms with van der Waals surface area (Å²) in [6.07, 6.45) is 0. The lowest BCUT2D eigenvalue weighted by Gasteiger charge is -2.03. The summed E-state index contributed by atoms with van der Waals surface area (Å²) in [5.41, 5.74) is 1.85. The molecule has 21 heavy (non-hydrogen) atoms. The van der Waals surface area contributed by atoms with Crippen molar-refractivity contribution >= 4 is 27.9 Å². The minimum atomic E-state index is -0.231. The van der Waals surface area contributed by atoms with Crippen molar-refractivity contribution in [2.24, 2.45) is 0 Å². The number of nitrogens with zero attached hydrogens (tertiary/aromatic N) is 4. The third-order valence-corrected chi connectivity index (χ3v) is 3.90. The number of benzene rings is 1. The first-order valence-electron chi connectivity index (χ1n) is 6.65. The highest BCUT2D eigenvalue weighted by Gasteiger charge is 2.18. The smallest absolute Gasteiger partial charge is 0.286 e. The molecule has 108 valence electrons. The van der Waals surface area contributed by atoms with Crippen molar-refractivity contribution in [3.05, 3.63) is 40.7 Å². The Morgan fingerprint density at radius 1 is 1.33 bits per heavy atom. The normalized spacial score (nSPS) is 11.2. The van der Waals surface area contributed by atoms with E-state index in [9.17, 15) is 4.79 Å². The van der Waals surface area contributed by atoms with Crippen LogP contribution < -0.4 is 5.32 Å². The van der Waals surface area contributed by atoms with Crippen LogP contribution in [0.4, 0.5) is 5.69 Å². The van der Waals surface area contributed by atoms with Gasteiger partial charge in [0.2, 0.25) is 9.97 Å². The number of aromatic nitrogens is 4. The summed E-state index contributed by atoms with van der Waals surface area (Å²) in [6.45, 7) is 6.01. The van der Waals surface area contributed by atoms with Crippen LogP contribution in [-0.2, 0) is 0 Å². The molecule has 2 heterocycles. The number of hydrogen-bond acceptors (Lipinski definition) is 5. The van der Waals surface area contributed by atoms with Crippen LogP contribution in [0.25, 0.3) is 4.96 Å². The summed E-state index contributed by atoms with van der Waals surface area (Å²) >= 11 is 1.23. The molecule has 3 rings (SSSR count). The van der Waals surface area contributed by atoms with Crippen LogP contribution in [-0.4, -0.2) is 25.7 Å². The number of hydrogen-bond donors (Lipinski definition) is 1. The molecular formula is C14H15N5OS. The van der Waals surface area contributed by atoms with Gasteiger partial charge < -0.3 is 5.32 Å². The number of carbonyl (C=O) groups is 1. The van der Waals surface area contributed by atoms with Gasteiger partial charge in [0.1, 0.15) is 0 Å². The highest BCUT2D eigenvalue weighted by molar-refractivity contribution is 7.18. The Morgan fingerprint density at radius 3 is 2.86 bits per heavy atom. The molecule has 0 spiro atoms. The topological polar surface area (TPSA) is 72.2 Å². The first-order chi connectivity index (χ1) is 10.0. The Morgan fingerprint density at radius 2 is 2.14 bits per heavy atom. The number of aryl methyl sites for hydroxylation is 1. The van der Waals surface area contributed by atoms with E-state index in [0.29, 0.717) is 9.97 Å². The zero-order chi connectivity index (χ0) is 15.0. The average molecular weight is 301 g/mol. The fraction of sp³-hybridized carbons (Fsp3) is 0.286. The lowest BCUT2D eigenvalue weighted by Crippen LogP contribution is -2.12. The van der Waals surface area contributed by atoms with Crippen LogP contribution in [0.15, 0.2) is 24.3 Å². The van der Waals surface area contributed by atoms with E-state index in [2.05, 4.69) is 20.6 Å². The van der Waals surface area contributed by atoms with Gasteiger partial charge in [-0.1, -0.05) is 37.3 Å². The predicted octanol–water partition coefficient (Wildman–Crippen LogP) is 2.87. The summed E-state index contributed by atoms with van der Waals surface area (Å²) in [6, 6.07) is 7.65. The first-order valence-corrected chi connectivity index (χ1v) is 7.46. The number of amides is 1. The van der Waals surface area contributed by atoms with Crippen LogP contribution >= 0.6 is 11.3 Å². The van der Waals surface area contributed by atoms with Crippen molar-refractivity contribution in [2.45, 2.75) is 26.7 Å². The molecule has 0 aliphatic carbocycles. The van der Waals surface area contributed by atoms with Gasteiger partial charge in [-0.15, -0.1) is 15.3 Å². The van der Waals surface area contributed by atoms with E-state index >= 15 is 0 Å². The summed E-state index contributed by atoms with van der Waals surface area (Å²) in [5, 5.41) is 15.7. The van der Waals surface area contributed by atoms with E-state index in [0.717, 1.165) is 17.1 Å². The quantitative estimate of drug-likeness (QED) is 0.807. The van der Waals surface area contributed by atoms with E-state index in [4.69, 9.17) is 0 Å². The maximum Gasteiger partial charge on any atom is 0.286 e. The molecule has 7 heteroatoms. The number of fused-ring (bicyclic) bond motifs is 1. The Balaban J connectivity index is 1.88. The highest BCUT2D eigenvalue weighted by Crippen LogP contribution is 2.19. The summed E-state index contributed by atoms with van der Waals surface area (Å²) in [4.78, 5) is 12.9. The van der Waals surface area contributed by atoms with Crippen LogP contribution in [0.2, 0.25) is 0 Å². The van der Waals surface area contributed by atoms with Gasteiger partial charge in [-0.25, -0.2) is 0 Å². The van der Waals surface area contributed by atoms with Crippen molar-refractivity contribution in [3.8, 4) is 0 Å². The minimum absolute atomic E-state index is 0.204. The lowest BCUT2D eigenvalue weighted by atomic mass is 10.2. The van der Waals surface area contributed by atoms with Gasteiger partial charge in [0.25, 0.3) is 5.91 Å². The molecule has 0 saturated heterocycles. The van der Waals surface area contributed by atoms with Crippen LogP contribution in [0.1, 0.15) is 41.0 Å². The van der Waals surface area contributed by atoms with Gasteiger partial charge in [-0.2, -0.15) is 4.52 Å². The third kappa shape index (κ3) is 2.64. The lowest BCUT2D eigenvalue weighted by molar-refractivity contribution is 0.102. The molecule has 0 saturated carbocycles. The Labute approximate surface area is 125 Å². The van der Waals surface area contributed by atoms with Gasteiger partial charge in [0.05, 0.1) is 0 Å². The predicted molar refractivity (Wildman–Crippen MR) is 81.9 cm³/mol. The third-order valence-electron chi connectivity index (χ3n) is 3.00. The SMILES string of the molecule is Cc1cccc(NC(=O)c2nn3c(C(C)C)nnc3s2)c1. The first kappa shape index (κ1) is 13.7. The largest absolute Gasteiger partial charge is 0.320 e. The van der Waals surface area contributed by atoms with Gasteiger partial charge in [0.15, 0.2) is 5.82 Å². The monoisotopic (exact) mass is 301 g/mol. The molecular weight excluding hydrogens is 286 g/mol. The minimum Gasteiger partial charge on any atom is -0.320 e. The van der Waals surface area contributed by atoms with Crippen LogP contribution in [0.3, 0.4) is 0 Å².